The molecule has 2 N–H and O–H groups in total. The van der Waals surface area contributed by atoms with Gasteiger partial charge in [0.25, 0.3) is 0 Å². The van der Waals surface area contributed by atoms with Crippen LogP contribution in [0.1, 0.15) is 31.7 Å². The molecular weight excluding hydrogens is 366 g/mol. The van der Waals surface area contributed by atoms with Crippen molar-refractivity contribution in [2.45, 2.75) is 38.8 Å². The van der Waals surface area contributed by atoms with Gasteiger partial charge in [0.15, 0.2) is 0 Å². The summed E-state index contributed by atoms with van der Waals surface area (Å²) < 4.78 is 5.81. The van der Waals surface area contributed by atoms with E-state index in [9.17, 15) is 9.90 Å². The number of nitrogens with one attached hydrogen (secondary N) is 1. The van der Waals surface area contributed by atoms with Crippen molar-refractivity contribution in [3.8, 4) is 17.0 Å². The standard InChI is InChI=1S/C23H25N3O3/c1-2-3-9-20(23(27)28)26-22-14-21(24-16-25-22)18-10-12-19(13-11-18)29-15-17-7-5-4-6-8-17/h4-8,10-14,16,20H,2-3,9,15H2,1H3,(H,27,28)(H,24,25,26). The highest BCUT2D eigenvalue weighted by atomic mass is 16.5. The molecule has 0 saturated carbocycles. The Balaban J connectivity index is 1.65. The van der Waals surface area contributed by atoms with Gasteiger partial charge < -0.3 is 15.2 Å². The Morgan fingerprint density at radius 2 is 1.86 bits per heavy atom. The molecule has 0 fully saturated rings. The molecule has 0 bridgehead atoms. The minimum absolute atomic E-state index is 0.503. The summed E-state index contributed by atoms with van der Waals surface area (Å²) in [5, 5.41) is 12.4. The molecular formula is C23H25N3O3. The third kappa shape index (κ3) is 6.04. The Labute approximate surface area is 170 Å². The first-order valence-electron chi connectivity index (χ1n) is 9.74. The lowest BCUT2D eigenvalue weighted by Crippen LogP contribution is -2.29. The van der Waals surface area contributed by atoms with E-state index in [2.05, 4.69) is 15.3 Å². The van der Waals surface area contributed by atoms with E-state index in [1.807, 2.05) is 61.5 Å². The summed E-state index contributed by atoms with van der Waals surface area (Å²) in [5.74, 6) is 0.400. The number of aliphatic carboxylic acids is 1. The summed E-state index contributed by atoms with van der Waals surface area (Å²) >= 11 is 0. The van der Waals surface area contributed by atoms with Crippen molar-refractivity contribution in [1.82, 2.24) is 9.97 Å². The second-order valence-electron chi connectivity index (χ2n) is 6.76. The first kappa shape index (κ1) is 20.3. The maximum atomic E-state index is 11.4. The highest BCUT2D eigenvalue weighted by Crippen LogP contribution is 2.23. The first-order valence-corrected chi connectivity index (χ1v) is 9.74. The average molecular weight is 391 g/mol. The fraction of sp³-hybridized carbons (Fsp3) is 0.261. The maximum Gasteiger partial charge on any atom is 0.326 e. The number of hydrogen-bond acceptors (Lipinski definition) is 5. The summed E-state index contributed by atoms with van der Waals surface area (Å²) in [6.07, 6.45) is 3.78. The summed E-state index contributed by atoms with van der Waals surface area (Å²) in [6.45, 7) is 2.55. The van der Waals surface area contributed by atoms with E-state index < -0.39 is 12.0 Å². The monoisotopic (exact) mass is 391 g/mol. The molecule has 0 spiro atoms. The van der Waals surface area contributed by atoms with Crippen LogP contribution in [0.2, 0.25) is 0 Å². The fourth-order valence-corrected chi connectivity index (χ4v) is 2.90. The Morgan fingerprint density at radius 1 is 1.10 bits per heavy atom. The van der Waals surface area contributed by atoms with E-state index in [-0.39, 0.29) is 0 Å². The second kappa shape index (κ2) is 10.2. The van der Waals surface area contributed by atoms with Gasteiger partial charge in [0.2, 0.25) is 0 Å². The molecule has 2 aromatic carbocycles. The molecule has 3 rings (SSSR count). The number of carboxylic acids is 1. The number of benzene rings is 2. The molecule has 0 aliphatic heterocycles. The zero-order valence-electron chi connectivity index (χ0n) is 16.4. The predicted molar refractivity (Wildman–Crippen MR) is 113 cm³/mol. The number of aromatic nitrogens is 2. The minimum Gasteiger partial charge on any atom is -0.489 e. The van der Waals surface area contributed by atoms with E-state index in [1.54, 1.807) is 6.07 Å². The van der Waals surface area contributed by atoms with Crippen LogP contribution >= 0.6 is 0 Å². The first-order chi connectivity index (χ1) is 14.2. The highest BCUT2D eigenvalue weighted by molar-refractivity contribution is 5.77. The van der Waals surface area contributed by atoms with Crippen molar-refractivity contribution >= 4 is 11.8 Å². The van der Waals surface area contributed by atoms with E-state index in [0.29, 0.717) is 18.8 Å². The largest absolute Gasteiger partial charge is 0.489 e. The van der Waals surface area contributed by atoms with Crippen LogP contribution in [0.15, 0.2) is 67.0 Å². The van der Waals surface area contributed by atoms with E-state index >= 15 is 0 Å². The van der Waals surface area contributed by atoms with Crippen LogP contribution in [0, 0.1) is 0 Å². The van der Waals surface area contributed by atoms with E-state index in [0.717, 1.165) is 35.4 Å². The number of ether oxygens (including phenoxy) is 1. The van der Waals surface area contributed by atoms with Gasteiger partial charge in [-0.15, -0.1) is 0 Å². The zero-order chi connectivity index (χ0) is 20.5. The molecule has 6 nitrogen and oxygen atoms in total. The number of carbonyl (C=O) groups is 1. The number of hydrogen-bond donors (Lipinski definition) is 2. The summed E-state index contributed by atoms with van der Waals surface area (Å²) in [6, 6.07) is 18.8. The second-order valence-corrected chi connectivity index (χ2v) is 6.76. The number of nitrogens with zero attached hydrogens (tertiary/aromatic N) is 2. The fourth-order valence-electron chi connectivity index (χ4n) is 2.90. The molecule has 0 radical (unpaired) electrons. The van der Waals surface area contributed by atoms with Crippen LogP contribution in [0.25, 0.3) is 11.3 Å². The van der Waals surface area contributed by atoms with Gasteiger partial charge in [0.05, 0.1) is 5.69 Å². The van der Waals surface area contributed by atoms with Gasteiger partial charge in [0.1, 0.15) is 30.5 Å². The predicted octanol–water partition coefficient (Wildman–Crippen LogP) is 4.78. The number of rotatable bonds is 10. The molecule has 6 heteroatoms. The van der Waals surface area contributed by atoms with Crippen molar-refractivity contribution < 1.29 is 14.6 Å². The van der Waals surface area contributed by atoms with Gasteiger partial charge in [0, 0.05) is 11.6 Å². The molecule has 1 aromatic heterocycles. The number of carboxylic acid groups (broad SMARTS) is 1. The van der Waals surface area contributed by atoms with Crippen molar-refractivity contribution in [2.24, 2.45) is 0 Å². The van der Waals surface area contributed by atoms with Crippen LogP contribution in [0.4, 0.5) is 5.82 Å². The topological polar surface area (TPSA) is 84.3 Å². The van der Waals surface area contributed by atoms with Gasteiger partial charge in [-0.25, -0.2) is 14.8 Å². The molecule has 0 amide bonds. The molecule has 1 unspecified atom stereocenters. The van der Waals surface area contributed by atoms with Gasteiger partial charge in [-0.2, -0.15) is 0 Å². The lowest BCUT2D eigenvalue weighted by Gasteiger charge is -2.15. The van der Waals surface area contributed by atoms with Crippen LogP contribution in [0.5, 0.6) is 5.75 Å². The van der Waals surface area contributed by atoms with Gasteiger partial charge in [-0.1, -0.05) is 50.1 Å². The molecule has 1 atom stereocenters. The van der Waals surface area contributed by atoms with Crippen molar-refractivity contribution in [3.05, 3.63) is 72.6 Å². The average Bonchev–Trinajstić information content (AvgIpc) is 2.76. The summed E-state index contributed by atoms with van der Waals surface area (Å²) in [5.41, 5.74) is 2.74. The molecule has 3 aromatic rings. The van der Waals surface area contributed by atoms with Crippen LogP contribution < -0.4 is 10.1 Å². The third-order valence-electron chi connectivity index (χ3n) is 4.53. The Hall–Kier alpha value is -3.41. The van der Waals surface area contributed by atoms with Crippen LogP contribution in [0.3, 0.4) is 0 Å². The Morgan fingerprint density at radius 3 is 2.55 bits per heavy atom. The van der Waals surface area contributed by atoms with Crippen molar-refractivity contribution in [1.29, 1.82) is 0 Å². The van der Waals surface area contributed by atoms with E-state index in [1.165, 1.54) is 6.33 Å². The quantitative estimate of drug-likeness (QED) is 0.517. The van der Waals surface area contributed by atoms with Gasteiger partial charge in [-0.05, 0) is 36.2 Å². The van der Waals surface area contributed by atoms with Crippen molar-refractivity contribution in [2.75, 3.05) is 5.32 Å². The number of anilines is 1. The van der Waals surface area contributed by atoms with Crippen LogP contribution in [-0.2, 0) is 11.4 Å². The molecule has 0 saturated heterocycles. The third-order valence-corrected chi connectivity index (χ3v) is 4.53. The molecule has 0 aliphatic rings. The number of unbranched alkanes of at least 4 members (excludes halogenated alkanes) is 1. The SMILES string of the molecule is CCCCC(Nc1cc(-c2ccc(OCc3ccccc3)cc2)ncn1)C(=O)O. The summed E-state index contributed by atoms with van der Waals surface area (Å²) in [7, 11) is 0. The minimum atomic E-state index is -0.876. The van der Waals surface area contributed by atoms with Crippen molar-refractivity contribution in [3.63, 3.8) is 0 Å². The zero-order valence-corrected chi connectivity index (χ0v) is 16.4. The highest BCUT2D eigenvalue weighted by Gasteiger charge is 2.17. The molecule has 1 heterocycles. The molecule has 0 aliphatic carbocycles. The van der Waals surface area contributed by atoms with E-state index in [4.69, 9.17) is 4.74 Å². The van der Waals surface area contributed by atoms with Crippen LogP contribution in [-0.4, -0.2) is 27.1 Å². The van der Waals surface area contributed by atoms with Gasteiger partial charge >= 0.3 is 5.97 Å². The summed E-state index contributed by atoms with van der Waals surface area (Å²) in [4.78, 5) is 19.9. The normalized spacial score (nSPS) is 11.6. The molecule has 150 valence electrons. The Bertz CT molecular complexity index is 914. The lowest BCUT2D eigenvalue weighted by molar-refractivity contribution is -0.138. The molecule has 29 heavy (non-hydrogen) atoms. The maximum absolute atomic E-state index is 11.4. The Kier molecular flexibility index (Phi) is 7.16. The van der Waals surface area contributed by atoms with Gasteiger partial charge in [-0.3, -0.25) is 0 Å². The smallest absolute Gasteiger partial charge is 0.326 e. The lowest BCUT2D eigenvalue weighted by atomic mass is 10.1.